The summed E-state index contributed by atoms with van der Waals surface area (Å²) in [5, 5.41) is 0.713. The van der Waals surface area contributed by atoms with Gasteiger partial charge in [0.15, 0.2) is 11.5 Å². The lowest BCUT2D eigenvalue weighted by Gasteiger charge is -2.29. The topological polar surface area (TPSA) is 115 Å². The van der Waals surface area contributed by atoms with Crippen LogP contribution in [-0.4, -0.2) is 86.1 Å². The Bertz CT molecular complexity index is 1650. The molecule has 226 valence electrons. The fraction of sp³-hybridized carbons (Fsp3) is 0.355. The summed E-state index contributed by atoms with van der Waals surface area (Å²) in [6.45, 7) is 4.00. The van der Waals surface area contributed by atoms with E-state index in [1.807, 2.05) is 30.3 Å². The maximum absolute atomic E-state index is 14.2. The average molecular weight is 607 g/mol. The number of amides is 1. The zero-order valence-electron chi connectivity index (χ0n) is 23.8. The molecule has 1 saturated heterocycles. The summed E-state index contributed by atoms with van der Waals surface area (Å²) < 4.78 is 51.7. The van der Waals surface area contributed by atoms with Gasteiger partial charge in [-0.25, -0.2) is 8.42 Å². The molecule has 0 radical (unpaired) electrons. The van der Waals surface area contributed by atoms with Gasteiger partial charge in [0.05, 0.1) is 38.1 Å². The van der Waals surface area contributed by atoms with E-state index in [0.29, 0.717) is 54.3 Å². The van der Waals surface area contributed by atoms with E-state index < -0.39 is 10.0 Å². The fourth-order valence-electron chi connectivity index (χ4n) is 5.34. The van der Waals surface area contributed by atoms with E-state index in [4.69, 9.17) is 18.6 Å². The number of hydrogen-bond donors (Lipinski definition) is 0. The Morgan fingerprint density at radius 3 is 2.63 bits per heavy atom. The van der Waals surface area contributed by atoms with Crippen LogP contribution in [-0.2, 0) is 32.6 Å². The number of carbonyl (C=O) groups is 1. The van der Waals surface area contributed by atoms with Crippen molar-refractivity contribution in [2.24, 2.45) is 0 Å². The van der Waals surface area contributed by atoms with Crippen molar-refractivity contribution in [3.05, 3.63) is 84.4 Å². The second-order valence-electron chi connectivity index (χ2n) is 10.5. The molecule has 2 aromatic heterocycles. The maximum Gasteiger partial charge on any atom is 0.245 e. The number of carbonyl (C=O) groups excluding carboxylic acids is 1. The molecule has 11 nitrogen and oxygen atoms in total. The van der Waals surface area contributed by atoms with Crippen LogP contribution in [0.25, 0.3) is 10.9 Å². The van der Waals surface area contributed by atoms with Gasteiger partial charge in [-0.2, -0.15) is 4.31 Å². The smallest absolute Gasteiger partial charge is 0.245 e. The summed E-state index contributed by atoms with van der Waals surface area (Å²) in [4.78, 5) is 22.3. The molecule has 0 spiro atoms. The first-order valence-corrected chi connectivity index (χ1v) is 15.7. The normalized spacial score (nSPS) is 15.3. The molecule has 0 atom stereocenters. The monoisotopic (exact) mass is 606 g/mol. The van der Waals surface area contributed by atoms with E-state index in [1.165, 1.54) is 4.31 Å². The highest BCUT2D eigenvalue weighted by Crippen LogP contribution is 2.33. The van der Waals surface area contributed by atoms with E-state index >= 15 is 0 Å². The van der Waals surface area contributed by atoms with Crippen LogP contribution in [0.4, 0.5) is 0 Å². The lowest BCUT2D eigenvalue weighted by molar-refractivity contribution is -0.133. The number of fused-ring (bicyclic) bond motifs is 2. The van der Waals surface area contributed by atoms with Gasteiger partial charge in [0.25, 0.3) is 0 Å². The number of nitrogens with zero attached hydrogens (tertiary/aromatic N) is 4. The molecule has 0 unspecified atom stereocenters. The molecule has 2 aromatic carbocycles. The predicted octanol–water partition coefficient (Wildman–Crippen LogP) is 3.50. The van der Waals surface area contributed by atoms with Crippen LogP contribution < -0.4 is 9.47 Å². The van der Waals surface area contributed by atoms with E-state index in [-0.39, 0.29) is 43.8 Å². The number of rotatable bonds is 12. The minimum atomic E-state index is -4.08. The minimum Gasteiger partial charge on any atom is -0.467 e. The van der Waals surface area contributed by atoms with Crippen LogP contribution in [0.3, 0.4) is 0 Å². The van der Waals surface area contributed by atoms with Gasteiger partial charge < -0.3 is 23.5 Å². The first-order chi connectivity index (χ1) is 21.0. The number of hydrogen-bond acceptors (Lipinski definition) is 9. The quantitative estimate of drug-likeness (QED) is 0.239. The molecule has 0 saturated carbocycles. The number of furan rings is 1. The molecule has 1 fully saturated rings. The van der Waals surface area contributed by atoms with Gasteiger partial charge in [0.2, 0.25) is 22.7 Å². The summed E-state index contributed by atoms with van der Waals surface area (Å²) in [6, 6.07) is 17.7. The van der Waals surface area contributed by atoms with Crippen molar-refractivity contribution in [3.63, 3.8) is 0 Å². The number of benzene rings is 2. The van der Waals surface area contributed by atoms with Gasteiger partial charge in [-0.05, 0) is 54.9 Å². The van der Waals surface area contributed by atoms with Crippen LogP contribution in [0.5, 0.6) is 11.5 Å². The van der Waals surface area contributed by atoms with Crippen LogP contribution in [0, 0.1) is 0 Å². The Hall–Kier alpha value is -3.97. The van der Waals surface area contributed by atoms with Crippen LogP contribution in [0.1, 0.15) is 17.7 Å². The second kappa shape index (κ2) is 13.1. The zero-order valence-corrected chi connectivity index (χ0v) is 24.6. The average Bonchev–Trinajstić information content (AvgIpc) is 3.72. The van der Waals surface area contributed by atoms with Gasteiger partial charge in [-0.15, -0.1) is 0 Å². The van der Waals surface area contributed by atoms with Gasteiger partial charge in [-0.3, -0.25) is 14.7 Å². The molecule has 0 N–H and O–H groups in total. The number of aromatic nitrogens is 1. The lowest BCUT2D eigenvalue weighted by atomic mass is 10.2. The molecule has 4 heterocycles. The standard InChI is InChI=1S/C31H34N4O7S/c36-30(34(21-26-7-3-16-40-26)20-24-9-10-27-28(19-24)42-23-41-27)22-35(13-4-12-33-14-17-39-18-15-33)43(37,38)29-8-1-5-25-6-2-11-32-31(25)29/h1-3,5-11,16,19H,4,12-15,17-18,20-23H2. The highest BCUT2D eigenvalue weighted by atomic mass is 32.2. The van der Waals surface area contributed by atoms with E-state index in [1.54, 1.807) is 47.7 Å². The Morgan fingerprint density at radius 2 is 1.79 bits per heavy atom. The van der Waals surface area contributed by atoms with Crippen molar-refractivity contribution in [2.75, 3.05) is 52.7 Å². The maximum atomic E-state index is 14.2. The lowest BCUT2D eigenvalue weighted by Crippen LogP contribution is -2.44. The van der Waals surface area contributed by atoms with Crippen LogP contribution in [0.15, 0.2) is 82.4 Å². The van der Waals surface area contributed by atoms with Crippen LogP contribution in [0.2, 0.25) is 0 Å². The van der Waals surface area contributed by atoms with Gasteiger partial charge in [0, 0.05) is 37.8 Å². The van der Waals surface area contributed by atoms with Crippen molar-refractivity contribution in [2.45, 2.75) is 24.4 Å². The third kappa shape index (κ3) is 6.83. The molecule has 2 aliphatic rings. The summed E-state index contributed by atoms with van der Waals surface area (Å²) in [6.07, 6.45) is 3.69. The number of morpholine rings is 1. The number of pyridine rings is 1. The second-order valence-corrected chi connectivity index (χ2v) is 12.4. The number of para-hydroxylation sites is 1. The molecule has 1 amide bonds. The van der Waals surface area contributed by atoms with Crippen molar-refractivity contribution in [1.29, 1.82) is 0 Å². The van der Waals surface area contributed by atoms with Crippen molar-refractivity contribution in [3.8, 4) is 11.5 Å². The summed E-state index contributed by atoms with van der Waals surface area (Å²) in [5.74, 6) is 1.50. The molecule has 2 aliphatic heterocycles. The van der Waals surface area contributed by atoms with Crippen molar-refractivity contribution >= 4 is 26.8 Å². The molecule has 12 heteroatoms. The largest absolute Gasteiger partial charge is 0.467 e. The number of ether oxygens (including phenoxy) is 3. The molecular weight excluding hydrogens is 572 g/mol. The van der Waals surface area contributed by atoms with Gasteiger partial charge in [-0.1, -0.05) is 24.3 Å². The van der Waals surface area contributed by atoms with Crippen molar-refractivity contribution in [1.82, 2.24) is 19.1 Å². The Kier molecular flexibility index (Phi) is 8.89. The number of sulfonamides is 1. The first-order valence-electron chi connectivity index (χ1n) is 14.3. The molecule has 0 bridgehead atoms. The summed E-state index contributed by atoms with van der Waals surface area (Å²) >= 11 is 0. The minimum absolute atomic E-state index is 0.0816. The highest BCUT2D eigenvalue weighted by molar-refractivity contribution is 7.89. The van der Waals surface area contributed by atoms with Gasteiger partial charge in [0.1, 0.15) is 10.7 Å². The van der Waals surface area contributed by atoms with Crippen LogP contribution >= 0.6 is 0 Å². The molecule has 4 aromatic rings. The van der Waals surface area contributed by atoms with E-state index in [9.17, 15) is 13.2 Å². The Labute approximate surface area is 250 Å². The summed E-state index contributed by atoms with van der Waals surface area (Å²) in [7, 11) is -4.08. The molecule has 43 heavy (non-hydrogen) atoms. The molecule has 6 rings (SSSR count). The molecule has 0 aliphatic carbocycles. The Balaban J connectivity index is 1.27. The fourth-order valence-corrected chi connectivity index (χ4v) is 6.93. The zero-order chi connectivity index (χ0) is 29.6. The van der Waals surface area contributed by atoms with E-state index in [0.717, 1.165) is 18.7 Å². The Morgan fingerprint density at radius 1 is 0.953 bits per heavy atom. The third-order valence-corrected chi connectivity index (χ3v) is 9.48. The summed E-state index contributed by atoms with van der Waals surface area (Å²) in [5.41, 5.74) is 1.20. The van der Waals surface area contributed by atoms with Crippen molar-refractivity contribution < 1.29 is 31.8 Å². The third-order valence-electron chi connectivity index (χ3n) is 7.60. The molecular formula is C31H34N4O7S. The predicted molar refractivity (Wildman–Crippen MR) is 158 cm³/mol. The van der Waals surface area contributed by atoms with Gasteiger partial charge >= 0.3 is 0 Å². The highest BCUT2D eigenvalue weighted by Gasteiger charge is 2.31. The SMILES string of the molecule is O=C(CN(CCCN1CCOCC1)S(=O)(=O)c1cccc2cccnc12)N(Cc1ccc2c(c1)OCO2)Cc1ccco1. The first kappa shape index (κ1) is 29.1. The van der Waals surface area contributed by atoms with E-state index in [2.05, 4.69) is 9.88 Å².